The number of hydrogen-bond acceptors (Lipinski definition) is 3. The summed E-state index contributed by atoms with van der Waals surface area (Å²) in [4.78, 5) is 10.9. The van der Waals surface area contributed by atoms with Crippen LogP contribution in [0.25, 0.3) is 5.69 Å². The van der Waals surface area contributed by atoms with Crippen LogP contribution >= 0.6 is 12.2 Å². The smallest absolute Gasteiger partial charge is 0.174 e. The molecule has 2 atom stereocenters. The van der Waals surface area contributed by atoms with Crippen LogP contribution in [-0.2, 0) is 0 Å². The van der Waals surface area contributed by atoms with Gasteiger partial charge in [0.25, 0.3) is 0 Å². The van der Waals surface area contributed by atoms with Gasteiger partial charge in [-0.1, -0.05) is 6.07 Å². The molecule has 7 heteroatoms. The molecule has 4 aromatic rings. The predicted molar refractivity (Wildman–Crippen MR) is 123 cm³/mol. The average Bonchev–Trinajstić information content (AvgIpc) is 3.41. The molecule has 1 fully saturated rings. The lowest BCUT2D eigenvalue weighted by Crippen LogP contribution is -2.30. The molecule has 0 saturated carbocycles. The van der Waals surface area contributed by atoms with Gasteiger partial charge in [-0.3, -0.25) is 9.97 Å². The van der Waals surface area contributed by atoms with E-state index in [0.717, 1.165) is 22.8 Å². The normalized spacial score (nSPS) is 18.3. The third-order valence-electron chi connectivity index (χ3n) is 5.53. The molecule has 1 aromatic carbocycles. The summed E-state index contributed by atoms with van der Waals surface area (Å²) in [6.07, 6.45) is 7.37. The molecule has 5 nitrogen and oxygen atoms in total. The highest BCUT2D eigenvalue weighted by atomic mass is 32.1. The Morgan fingerprint density at radius 2 is 1.90 bits per heavy atom. The Balaban J connectivity index is 1.68. The van der Waals surface area contributed by atoms with Gasteiger partial charge in [0.1, 0.15) is 11.9 Å². The van der Waals surface area contributed by atoms with Gasteiger partial charge in [0.05, 0.1) is 23.6 Å². The van der Waals surface area contributed by atoms with Crippen LogP contribution in [0.3, 0.4) is 0 Å². The lowest BCUT2D eigenvalue weighted by atomic mass is 10.0. The second-order valence-electron chi connectivity index (χ2n) is 7.44. The van der Waals surface area contributed by atoms with Gasteiger partial charge in [0, 0.05) is 30.0 Å². The van der Waals surface area contributed by atoms with Crippen LogP contribution < -0.4 is 10.2 Å². The van der Waals surface area contributed by atoms with Crippen LogP contribution in [0.5, 0.6) is 0 Å². The third-order valence-corrected chi connectivity index (χ3v) is 5.84. The highest BCUT2D eigenvalue weighted by Crippen LogP contribution is 2.42. The number of nitrogens with one attached hydrogen (secondary N) is 1. The van der Waals surface area contributed by atoms with E-state index >= 15 is 0 Å². The van der Waals surface area contributed by atoms with Crippen molar-refractivity contribution in [1.29, 1.82) is 0 Å². The monoisotopic (exact) mass is 429 g/mol. The lowest BCUT2D eigenvalue weighted by Gasteiger charge is -2.29. The average molecular weight is 430 g/mol. The predicted octanol–water partition coefficient (Wildman–Crippen LogP) is 4.89. The van der Waals surface area contributed by atoms with Crippen molar-refractivity contribution in [3.63, 3.8) is 0 Å². The van der Waals surface area contributed by atoms with Gasteiger partial charge in [-0.05, 0) is 79.3 Å². The first-order valence-corrected chi connectivity index (χ1v) is 10.4. The zero-order valence-corrected chi connectivity index (χ0v) is 17.6. The fourth-order valence-corrected chi connectivity index (χ4v) is 4.42. The van der Waals surface area contributed by atoms with E-state index in [-0.39, 0.29) is 17.9 Å². The molecule has 1 N–H and O–H groups in total. The van der Waals surface area contributed by atoms with Crippen LogP contribution in [0, 0.1) is 12.7 Å². The van der Waals surface area contributed by atoms with Crippen molar-refractivity contribution in [2.45, 2.75) is 19.0 Å². The van der Waals surface area contributed by atoms with Crippen molar-refractivity contribution < 1.29 is 4.39 Å². The molecule has 0 amide bonds. The maximum absolute atomic E-state index is 14.0. The maximum Gasteiger partial charge on any atom is 0.174 e. The number of hydrogen-bond donors (Lipinski definition) is 1. The van der Waals surface area contributed by atoms with E-state index in [1.807, 2.05) is 59.8 Å². The van der Waals surface area contributed by atoms with Crippen LogP contribution in [0.4, 0.5) is 10.1 Å². The van der Waals surface area contributed by atoms with E-state index in [1.54, 1.807) is 25.4 Å². The SMILES string of the molecule is Cc1cc(N2C(=S)N[C@H](c3ccccn3)[C@@H]2c2cccn2-c2cccnc2)ccc1F. The molecule has 3 aromatic heterocycles. The van der Waals surface area contributed by atoms with Gasteiger partial charge in [0.2, 0.25) is 0 Å². The van der Waals surface area contributed by atoms with E-state index in [2.05, 4.69) is 25.9 Å². The van der Waals surface area contributed by atoms with Crippen molar-refractivity contribution in [2.24, 2.45) is 0 Å². The molecule has 154 valence electrons. The third kappa shape index (κ3) is 3.47. The van der Waals surface area contributed by atoms with E-state index in [9.17, 15) is 4.39 Å². The number of pyridine rings is 2. The Kier molecular flexibility index (Phi) is 4.95. The number of halogens is 1. The number of thiocarbonyl (C=S) groups is 1. The summed E-state index contributed by atoms with van der Waals surface area (Å²) in [7, 11) is 0. The number of rotatable bonds is 4. The Bertz CT molecular complexity index is 1230. The minimum absolute atomic E-state index is 0.176. The summed E-state index contributed by atoms with van der Waals surface area (Å²) in [5.41, 5.74) is 4.27. The first-order valence-electron chi connectivity index (χ1n) is 9.98. The van der Waals surface area contributed by atoms with E-state index in [1.165, 1.54) is 6.07 Å². The Hall–Kier alpha value is -3.58. The van der Waals surface area contributed by atoms with E-state index in [0.29, 0.717) is 10.7 Å². The molecule has 1 saturated heterocycles. The van der Waals surface area contributed by atoms with Gasteiger partial charge in [-0.2, -0.15) is 0 Å². The first kappa shape index (κ1) is 19.4. The highest BCUT2D eigenvalue weighted by molar-refractivity contribution is 7.80. The Morgan fingerprint density at radius 1 is 1.00 bits per heavy atom. The zero-order chi connectivity index (χ0) is 21.4. The summed E-state index contributed by atoms with van der Waals surface area (Å²) in [5, 5.41) is 4.02. The van der Waals surface area contributed by atoms with Crippen molar-refractivity contribution >= 4 is 23.0 Å². The van der Waals surface area contributed by atoms with Crippen LogP contribution in [0.2, 0.25) is 0 Å². The van der Waals surface area contributed by atoms with Crippen molar-refractivity contribution in [2.75, 3.05) is 4.90 Å². The number of benzene rings is 1. The first-order chi connectivity index (χ1) is 15.1. The summed E-state index contributed by atoms with van der Waals surface area (Å²) in [6.45, 7) is 1.76. The molecule has 0 aliphatic carbocycles. The van der Waals surface area contributed by atoms with Gasteiger partial charge >= 0.3 is 0 Å². The molecule has 31 heavy (non-hydrogen) atoms. The lowest BCUT2D eigenvalue weighted by molar-refractivity contribution is 0.549. The van der Waals surface area contributed by atoms with Crippen LogP contribution in [-0.4, -0.2) is 19.6 Å². The van der Waals surface area contributed by atoms with Crippen LogP contribution in [0.1, 0.15) is 29.0 Å². The molecular formula is C24H20FN5S. The quantitative estimate of drug-likeness (QED) is 0.468. The van der Waals surface area contributed by atoms with Gasteiger partial charge < -0.3 is 14.8 Å². The molecular weight excluding hydrogens is 409 g/mol. The topological polar surface area (TPSA) is 46.0 Å². The molecule has 0 bridgehead atoms. The standard InChI is InChI=1S/C24H20FN5S/c1-16-14-17(9-10-19(16)25)30-23(22(28-24(30)31)20-7-2-3-12-27-20)21-8-5-13-29(21)18-6-4-11-26-15-18/h2-15,22-23H,1H3,(H,28,31)/t22-,23+/m1/s1. The molecule has 5 rings (SSSR count). The Morgan fingerprint density at radius 3 is 2.65 bits per heavy atom. The molecule has 4 heterocycles. The maximum atomic E-state index is 14.0. The molecule has 0 radical (unpaired) electrons. The number of nitrogens with zero attached hydrogens (tertiary/aromatic N) is 4. The van der Waals surface area contributed by atoms with Crippen molar-refractivity contribution in [3.05, 3.63) is 108 Å². The molecule has 0 unspecified atom stereocenters. The molecule has 0 spiro atoms. The highest BCUT2D eigenvalue weighted by Gasteiger charge is 2.42. The largest absolute Gasteiger partial charge is 0.351 e. The fraction of sp³-hybridized carbons (Fsp3) is 0.125. The van der Waals surface area contributed by atoms with E-state index in [4.69, 9.17) is 12.2 Å². The molecule has 1 aliphatic rings. The van der Waals surface area contributed by atoms with Crippen molar-refractivity contribution in [1.82, 2.24) is 19.9 Å². The minimum atomic E-state index is -0.238. The second kappa shape index (κ2) is 7.92. The van der Waals surface area contributed by atoms with Gasteiger partial charge in [-0.25, -0.2) is 4.39 Å². The summed E-state index contributed by atoms with van der Waals surface area (Å²) >= 11 is 5.76. The minimum Gasteiger partial charge on any atom is -0.351 e. The molecule has 1 aliphatic heterocycles. The fourth-order valence-electron chi connectivity index (χ4n) is 4.08. The van der Waals surface area contributed by atoms with Gasteiger partial charge in [-0.15, -0.1) is 0 Å². The summed E-state index contributed by atoms with van der Waals surface area (Å²) in [5.74, 6) is -0.238. The Labute approximate surface area is 185 Å². The summed E-state index contributed by atoms with van der Waals surface area (Å²) in [6, 6.07) is 18.6. The zero-order valence-electron chi connectivity index (χ0n) is 16.8. The summed E-state index contributed by atoms with van der Waals surface area (Å²) < 4.78 is 16.1. The van der Waals surface area contributed by atoms with Crippen molar-refractivity contribution in [3.8, 4) is 5.69 Å². The van der Waals surface area contributed by atoms with E-state index < -0.39 is 0 Å². The number of anilines is 1. The van der Waals surface area contributed by atoms with Crippen LogP contribution in [0.15, 0.2) is 85.5 Å². The number of aryl methyl sites for hydroxylation is 1. The van der Waals surface area contributed by atoms with Gasteiger partial charge in [0.15, 0.2) is 5.11 Å². The number of aromatic nitrogens is 3. The second-order valence-corrected chi connectivity index (χ2v) is 7.83.